The van der Waals surface area contributed by atoms with Crippen LogP contribution in [-0.4, -0.2) is 6.09 Å². The molecule has 1 aromatic carbocycles. The lowest BCUT2D eigenvalue weighted by Gasteiger charge is -2.23. The van der Waals surface area contributed by atoms with E-state index in [9.17, 15) is 4.79 Å². The van der Waals surface area contributed by atoms with E-state index in [0.29, 0.717) is 0 Å². The van der Waals surface area contributed by atoms with Gasteiger partial charge in [-0.25, -0.2) is 4.79 Å². The van der Waals surface area contributed by atoms with Gasteiger partial charge in [0, 0.05) is 10.0 Å². The molecule has 0 bridgehead atoms. The zero-order chi connectivity index (χ0) is 9.42. The highest BCUT2D eigenvalue weighted by molar-refractivity contribution is 9.10. The van der Waals surface area contributed by atoms with Gasteiger partial charge in [0.05, 0.1) is 5.69 Å². The first kappa shape index (κ1) is 8.56. The zero-order valence-corrected chi connectivity index (χ0v) is 8.59. The fraction of sp³-hybridized carbons (Fsp3) is 0.222. The van der Waals surface area contributed by atoms with Crippen LogP contribution in [0.4, 0.5) is 10.5 Å². The molecule has 3 nitrogen and oxygen atoms in total. The van der Waals surface area contributed by atoms with E-state index in [1.54, 1.807) is 0 Å². The minimum atomic E-state index is -0.391. The molecule has 0 aliphatic carbocycles. The highest BCUT2D eigenvalue weighted by atomic mass is 79.9. The lowest BCUT2D eigenvalue weighted by Crippen LogP contribution is -2.22. The number of cyclic esters (lactones) is 1. The number of benzene rings is 1. The molecule has 13 heavy (non-hydrogen) atoms. The Bertz CT molecular complexity index is 365. The van der Waals surface area contributed by atoms with Crippen molar-refractivity contribution in [2.24, 2.45) is 0 Å². The van der Waals surface area contributed by atoms with Crippen molar-refractivity contribution in [2.45, 2.75) is 13.0 Å². The van der Waals surface area contributed by atoms with Crippen LogP contribution in [0, 0.1) is 0 Å². The number of amides is 1. The van der Waals surface area contributed by atoms with E-state index in [0.717, 1.165) is 15.7 Å². The van der Waals surface area contributed by atoms with Crippen molar-refractivity contribution in [1.29, 1.82) is 0 Å². The Balaban J connectivity index is 2.49. The summed E-state index contributed by atoms with van der Waals surface area (Å²) in [6.45, 7) is 1.85. The van der Waals surface area contributed by atoms with Crippen LogP contribution in [0.3, 0.4) is 0 Å². The summed E-state index contributed by atoms with van der Waals surface area (Å²) in [5, 5.41) is 2.64. The zero-order valence-electron chi connectivity index (χ0n) is 7.00. The van der Waals surface area contributed by atoms with E-state index in [4.69, 9.17) is 4.74 Å². The fourth-order valence-electron chi connectivity index (χ4n) is 1.35. The molecule has 1 atom stereocenters. The van der Waals surface area contributed by atoms with Crippen molar-refractivity contribution >= 4 is 27.7 Å². The summed E-state index contributed by atoms with van der Waals surface area (Å²) in [6.07, 6.45) is -0.560. The third-order valence-electron chi connectivity index (χ3n) is 1.97. The molecule has 0 spiro atoms. The quantitative estimate of drug-likeness (QED) is 0.759. The molecule has 0 radical (unpaired) electrons. The van der Waals surface area contributed by atoms with Crippen molar-refractivity contribution in [2.75, 3.05) is 5.32 Å². The van der Waals surface area contributed by atoms with Crippen LogP contribution in [0.15, 0.2) is 22.7 Å². The highest BCUT2D eigenvalue weighted by Gasteiger charge is 2.21. The van der Waals surface area contributed by atoms with E-state index < -0.39 is 6.09 Å². The normalized spacial score (nSPS) is 20.2. The van der Waals surface area contributed by atoms with Crippen molar-refractivity contribution in [3.63, 3.8) is 0 Å². The average Bonchev–Trinajstić information content (AvgIpc) is 2.02. The Labute approximate surface area is 84.2 Å². The maximum atomic E-state index is 11.0. The highest BCUT2D eigenvalue weighted by Crippen LogP contribution is 2.32. The van der Waals surface area contributed by atoms with Gasteiger partial charge in [-0.05, 0) is 19.1 Å². The van der Waals surface area contributed by atoms with Crippen molar-refractivity contribution in [3.8, 4) is 0 Å². The van der Waals surface area contributed by atoms with Gasteiger partial charge in [0.1, 0.15) is 6.10 Å². The summed E-state index contributed by atoms with van der Waals surface area (Å²) in [4.78, 5) is 11.0. The van der Waals surface area contributed by atoms with Gasteiger partial charge in [-0.1, -0.05) is 22.0 Å². The number of hydrogen-bond donors (Lipinski definition) is 1. The molecule has 2 rings (SSSR count). The Morgan fingerprint density at radius 1 is 1.54 bits per heavy atom. The molecule has 1 aliphatic rings. The van der Waals surface area contributed by atoms with E-state index in [1.165, 1.54) is 0 Å². The molecule has 0 saturated heterocycles. The van der Waals surface area contributed by atoms with Gasteiger partial charge in [0.2, 0.25) is 0 Å². The van der Waals surface area contributed by atoms with Gasteiger partial charge in [-0.15, -0.1) is 0 Å². The minimum absolute atomic E-state index is 0.170. The first-order valence-corrected chi connectivity index (χ1v) is 4.73. The van der Waals surface area contributed by atoms with E-state index in [-0.39, 0.29) is 6.10 Å². The first-order valence-electron chi connectivity index (χ1n) is 3.94. The van der Waals surface area contributed by atoms with Crippen molar-refractivity contribution < 1.29 is 9.53 Å². The maximum Gasteiger partial charge on any atom is 0.412 e. The SMILES string of the molecule is C[C@@H]1OC(=O)Nc2cc(Br)ccc21. The Kier molecular flexibility index (Phi) is 2.00. The fourth-order valence-corrected chi connectivity index (χ4v) is 1.72. The Morgan fingerprint density at radius 2 is 2.31 bits per heavy atom. The molecule has 0 aromatic heterocycles. The second-order valence-corrected chi connectivity index (χ2v) is 3.82. The molecule has 1 amide bonds. The van der Waals surface area contributed by atoms with E-state index in [2.05, 4.69) is 21.2 Å². The predicted octanol–water partition coefficient (Wildman–Crippen LogP) is 3.07. The van der Waals surface area contributed by atoms with Crippen LogP contribution in [0.25, 0.3) is 0 Å². The monoisotopic (exact) mass is 241 g/mol. The topological polar surface area (TPSA) is 38.3 Å². The molecule has 1 heterocycles. The first-order chi connectivity index (χ1) is 6.16. The summed E-state index contributed by atoms with van der Waals surface area (Å²) >= 11 is 3.34. The number of carbonyl (C=O) groups is 1. The number of fused-ring (bicyclic) bond motifs is 1. The largest absolute Gasteiger partial charge is 0.441 e. The van der Waals surface area contributed by atoms with Crippen molar-refractivity contribution in [1.82, 2.24) is 0 Å². The van der Waals surface area contributed by atoms with Crippen LogP contribution in [0.1, 0.15) is 18.6 Å². The number of carbonyl (C=O) groups excluding carboxylic acids is 1. The van der Waals surface area contributed by atoms with Gasteiger partial charge in [-0.3, -0.25) is 5.32 Å². The molecule has 0 unspecified atom stereocenters. The molecule has 1 N–H and O–H groups in total. The van der Waals surface area contributed by atoms with Crippen LogP contribution in [-0.2, 0) is 4.74 Å². The molecule has 68 valence electrons. The second kappa shape index (κ2) is 3.03. The lowest BCUT2D eigenvalue weighted by atomic mass is 10.1. The van der Waals surface area contributed by atoms with E-state index in [1.807, 2.05) is 25.1 Å². The smallest absolute Gasteiger partial charge is 0.412 e. The third-order valence-corrected chi connectivity index (χ3v) is 2.47. The molecule has 4 heteroatoms. The van der Waals surface area contributed by atoms with Gasteiger partial charge >= 0.3 is 6.09 Å². The number of halogens is 1. The number of anilines is 1. The summed E-state index contributed by atoms with van der Waals surface area (Å²) < 4.78 is 5.93. The standard InChI is InChI=1S/C9H8BrNO2/c1-5-7-3-2-6(10)4-8(7)11-9(12)13-5/h2-5H,1H3,(H,11,12)/t5-/m0/s1. The summed E-state index contributed by atoms with van der Waals surface area (Å²) in [7, 11) is 0. The minimum Gasteiger partial charge on any atom is -0.441 e. The molecule has 0 saturated carbocycles. The van der Waals surface area contributed by atoms with Crippen LogP contribution in [0.5, 0.6) is 0 Å². The van der Waals surface area contributed by atoms with Crippen molar-refractivity contribution in [3.05, 3.63) is 28.2 Å². The number of nitrogens with one attached hydrogen (secondary N) is 1. The molecular weight excluding hydrogens is 234 g/mol. The summed E-state index contributed by atoms with van der Waals surface area (Å²) in [5.74, 6) is 0. The van der Waals surface area contributed by atoms with Gasteiger partial charge in [-0.2, -0.15) is 0 Å². The van der Waals surface area contributed by atoms with Gasteiger partial charge in [0.25, 0.3) is 0 Å². The van der Waals surface area contributed by atoms with Crippen LogP contribution < -0.4 is 5.32 Å². The molecular formula is C9H8BrNO2. The average molecular weight is 242 g/mol. The third kappa shape index (κ3) is 1.54. The molecule has 1 aliphatic heterocycles. The van der Waals surface area contributed by atoms with Crippen LogP contribution in [0.2, 0.25) is 0 Å². The number of ether oxygens (including phenoxy) is 1. The number of rotatable bonds is 0. The van der Waals surface area contributed by atoms with Crippen LogP contribution >= 0.6 is 15.9 Å². The Morgan fingerprint density at radius 3 is 3.08 bits per heavy atom. The summed E-state index contributed by atoms with van der Waals surface area (Å²) in [6, 6.07) is 5.73. The maximum absolute atomic E-state index is 11.0. The summed E-state index contributed by atoms with van der Waals surface area (Å²) in [5.41, 5.74) is 1.82. The Hall–Kier alpha value is -1.03. The van der Waals surface area contributed by atoms with E-state index >= 15 is 0 Å². The second-order valence-electron chi connectivity index (χ2n) is 2.90. The lowest BCUT2D eigenvalue weighted by molar-refractivity contribution is 0.116. The van der Waals surface area contributed by atoms with Gasteiger partial charge < -0.3 is 4.74 Å². The van der Waals surface area contributed by atoms with Gasteiger partial charge in [0.15, 0.2) is 0 Å². The molecule has 0 fully saturated rings. The molecule has 1 aromatic rings. The predicted molar refractivity (Wildman–Crippen MR) is 52.7 cm³/mol. The number of hydrogen-bond acceptors (Lipinski definition) is 2.